The van der Waals surface area contributed by atoms with Crippen LogP contribution in [0.3, 0.4) is 0 Å². The minimum absolute atomic E-state index is 0.118. The van der Waals surface area contributed by atoms with Crippen LogP contribution in [0.5, 0.6) is 0 Å². The summed E-state index contributed by atoms with van der Waals surface area (Å²) in [6.45, 7) is 0.343. The molecule has 0 spiro atoms. The molecule has 1 aromatic carbocycles. The van der Waals surface area contributed by atoms with E-state index >= 15 is 0 Å². The Kier molecular flexibility index (Phi) is 3.66. The van der Waals surface area contributed by atoms with E-state index in [2.05, 4.69) is 4.98 Å². The summed E-state index contributed by atoms with van der Waals surface area (Å²) in [7, 11) is 1.59. The first-order valence-electron chi connectivity index (χ1n) is 5.17. The summed E-state index contributed by atoms with van der Waals surface area (Å²) in [5, 5.41) is 2.60. The van der Waals surface area contributed by atoms with Crippen LogP contribution in [-0.2, 0) is 6.54 Å². The number of aromatic nitrogens is 1. The molecule has 0 aliphatic carbocycles. The quantitative estimate of drug-likeness (QED) is 0.857. The van der Waals surface area contributed by atoms with Gasteiger partial charge in [-0.15, -0.1) is 11.3 Å². The lowest BCUT2D eigenvalue weighted by Crippen LogP contribution is -2.26. The van der Waals surface area contributed by atoms with Crippen molar-refractivity contribution in [1.29, 1.82) is 0 Å². The van der Waals surface area contributed by atoms with Crippen molar-refractivity contribution in [2.45, 2.75) is 6.54 Å². The van der Waals surface area contributed by atoms with E-state index in [9.17, 15) is 13.6 Å². The van der Waals surface area contributed by atoms with Gasteiger partial charge in [-0.05, 0) is 18.2 Å². The van der Waals surface area contributed by atoms with E-state index in [1.54, 1.807) is 13.2 Å². The SMILES string of the molecule is CN(Cc1nccs1)C(=O)c1ccc(F)c(F)c1. The van der Waals surface area contributed by atoms with Gasteiger partial charge in [0.25, 0.3) is 5.91 Å². The molecule has 0 aliphatic heterocycles. The van der Waals surface area contributed by atoms with Crippen molar-refractivity contribution in [1.82, 2.24) is 9.88 Å². The van der Waals surface area contributed by atoms with E-state index < -0.39 is 11.6 Å². The predicted molar refractivity (Wildman–Crippen MR) is 64.3 cm³/mol. The Morgan fingerprint density at radius 1 is 1.39 bits per heavy atom. The number of carbonyl (C=O) groups is 1. The molecule has 3 nitrogen and oxygen atoms in total. The molecular formula is C12H10F2N2OS. The summed E-state index contributed by atoms with van der Waals surface area (Å²) < 4.78 is 25.8. The molecule has 1 aromatic heterocycles. The minimum atomic E-state index is -1.02. The molecule has 0 atom stereocenters. The van der Waals surface area contributed by atoms with Gasteiger partial charge in [0.2, 0.25) is 0 Å². The van der Waals surface area contributed by atoms with Crippen molar-refractivity contribution in [3.63, 3.8) is 0 Å². The minimum Gasteiger partial charge on any atom is -0.335 e. The monoisotopic (exact) mass is 268 g/mol. The van der Waals surface area contributed by atoms with Gasteiger partial charge >= 0.3 is 0 Å². The van der Waals surface area contributed by atoms with Crippen molar-refractivity contribution in [2.75, 3.05) is 7.05 Å². The highest BCUT2D eigenvalue weighted by Gasteiger charge is 2.15. The molecule has 94 valence electrons. The van der Waals surface area contributed by atoms with Crippen molar-refractivity contribution in [3.8, 4) is 0 Å². The second kappa shape index (κ2) is 5.22. The highest BCUT2D eigenvalue weighted by atomic mass is 32.1. The van der Waals surface area contributed by atoms with Crippen LogP contribution in [-0.4, -0.2) is 22.8 Å². The maximum absolute atomic E-state index is 13.0. The molecule has 6 heteroatoms. The topological polar surface area (TPSA) is 33.2 Å². The third-order valence-corrected chi connectivity index (χ3v) is 3.13. The Morgan fingerprint density at radius 2 is 2.17 bits per heavy atom. The Labute approximate surface area is 107 Å². The lowest BCUT2D eigenvalue weighted by atomic mass is 10.2. The number of halogens is 2. The first kappa shape index (κ1) is 12.6. The van der Waals surface area contributed by atoms with Gasteiger partial charge in [-0.3, -0.25) is 4.79 Å². The van der Waals surface area contributed by atoms with E-state index in [4.69, 9.17) is 0 Å². The summed E-state index contributed by atoms with van der Waals surface area (Å²) in [5.74, 6) is -2.36. The summed E-state index contributed by atoms with van der Waals surface area (Å²) in [5.41, 5.74) is 0.118. The molecule has 0 radical (unpaired) electrons. The lowest BCUT2D eigenvalue weighted by molar-refractivity contribution is 0.0784. The number of carbonyl (C=O) groups excluding carboxylic acids is 1. The second-order valence-electron chi connectivity index (χ2n) is 3.72. The zero-order valence-electron chi connectivity index (χ0n) is 9.56. The smallest absolute Gasteiger partial charge is 0.254 e. The Hall–Kier alpha value is -1.82. The average Bonchev–Trinajstić information content (AvgIpc) is 2.84. The van der Waals surface area contributed by atoms with E-state index in [-0.39, 0.29) is 11.5 Å². The second-order valence-corrected chi connectivity index (χ2v) is 4.70. The fraction of sp³-hybridized carbons (Fsp3) is 0.167. The first-order chi connectivity index (χ1) is 8.58. The van der Waals surface area contributed by atoms with Crippen LogP contribution in [0.1, 0.15) is 15.4 Å². The Bertz CT molecular complexity index is 557. The molecule has 0 aliphatic rings. The van der Waals surface area contributed by atoms with Crippen LogP contribution in [0.2, 0.25) is 0 Å². The van der Waals surface area contributed by atoms with Crippen molar-refractivity contribution >= 4 is 17.2 Å². The van der Waals surface area contributed by atoms with Gasteiger partial charge in [0, 0.05) is 24.2 Å². The van der Waals surface area contributed by atoms with Gasteiger partial charge in [0.05, 0.1) is 6.54 Å². The van der Waals surface area contributed by atoms with Crippen molar-refractivity contribution in [3.05, 3.63) is 52.0 Å². The highest BCUT2D eigenvalue weighted by molar-refractivity contribution is 7.09. The van der Waals surface area contributed by atoms with E-state index in [1.165, 1.54) is 22.3 Å². The fourth-order valence-electron chi connectivity index (χ4n) is 1.46. The molecule has 0 bridgehead atoms. The van der Waals surface area contributed by atoms with Crippen LogP contribution in [0.25, 0.3) is 0 Å². The molecular weight excluding hydrogens is 258 g/mol. The van der Waals surface area contributed by atoms with Gasteiger partial charge < -0.3 is 4.90 Å². The van der Waals surface area contributed by atoms with Gasteiger partial charge in [-0.25, -0.2) is 13.8 Å². The largest absolute Gasteiger partial charge is 0.335 e. The molecule has 0 saturated carbocycles. The number of thiazole rings is 1. The Balaban J connectivity index is 2.12. The molecule has 2 aromatic rings. The molecule has 0 unspecified atom stereocenters. The molecule has 2 rings (SSSR count). The van der Waals surface area contributed by atoms with Crippen molar-refractivity contribution in [2.24, 2.45) is 0 Å². The molecule has 0 saturated heterocycles. The molecule has 0 N–H and O–H groups in total. The number of rotatable bonds is 3. The van der Waals surface area contributed by atoms with Gasteiger partial charge in [0.15, 0.2) is 11.6 Å². The number of hydrogen-bond acceptors (Lipinski definition) is 3. The number of nitrogens with zero attached hydrogens (tertiary/aromatic N) is 2. The third-order valence-electron chi connectivity index (χ3n) is 2.37. The van der Waals surface area contributed by atoms with Crippen molar-refractivity contribution < 1.29 is 13.6 Å². The molecule has 1 heterocycles. The molecule has 0 fully saturated rings. The van der Waals surface area contributed by atoms with E-state index in [1.807, 2.05) is 5.38 Å². The van der Waals surface area contributed by atoms with Gasteiger partial charge in [-0.2, -0.15) is 0 Å². The zero-order valence-corrected chi connectivity index (χ0v) is 10.4. The highest BCUT2D eigenvalue weighted by Crippen LogP contribution is 2.13. The van der Waals surface area contributed by atoms with Gasteiger partial charge in [0.1, 0.15) is 5.01 Å². The van der Waals surface area contributed by atoms with Crippen LogP contribution < -0.4 is 0 Å². The summed E-state index contributed by atoms with van der Waals surface area (Å²) in [6.07, 6.45) is 1.65. The fourth-order valence-corrected chi connectivity index (χ4v) is 2.12. The van der Waals surface area contributed by atoms with Crippen LogP contribution in [0, 0.1) is 11.6 Å². The standard InChI is InChI=1S/C12H10F2N2OS/c1-16(7-11-15-4-5-18-11)12(17)8-2-3-9(13)10(14)6-8/h2-6H,7H2,1H3. The lowest BCUT2D eigenvalue weighted by Gasteiger charge is -2.15. The average molecular weight is 268 g/mol. The summed E-state index contributed by atoms with van der Waals surface area (Å²) in [6, 6.07) is 3.11. The zero-order chi connectivity index (χ0) is 13.1. The van der Waals surface area contributed by atoms with Crippen LogP contribution >= 0.6 is 11.3 Å². The molecule has 18 heavy (non-hydrogen) atoms. The maximum Gasteiger partial charge on any atom is 0.254 e. The summed E-state index contributed by atoms with van der Waals surface area (Å²) >= 11 is 1.43. The summed E-state index contributed by atoms with van der Waals surface area (Å²) in [4.78, 5) is 17.4. The first-order valence-corrected chi connectivity index (χ1v) is 6.05. The van der Waals surface area contributed by atoms with Crippen LogP contribution in [0.15, 0.2) is 29.8 Å². The molecule has 1 amide bonds. The predicted octanol–water partition coefficient (Wildman–Crippen LogP) is 2.69. The van der Waals surface area contributed by atoms with E-state index in [0.717, 1.165) is 17.1 Å². The number of hydrogen-bond donors (Lipinski definition) is 0. The normalized spacial score (nSPS) is 10.4. The van der Waals surface area contributed by atoms with E-state index in [0.29, 0.717) is 6.54 Å². The Morgan fingerprint density at radius 3 is 2.78 bits per heavy atom. The maximum atomic E-state index is 13.0. The number of benzene rings is 1. The van der Waals surface area contributed by atoms with Gasteiger partial charge in [-0.1, -0.05) is 0 Å². The van der Waals surface area contributed by atoms with Crippen LogP contribution in [0.4, 0.5) is 8.78 Å². The third kappa shape index (κ3) is 2.70. The number of amides is 1.